The van der Waals surface area contributed by atoms with E-state index in [0.29, 0.717) is 24.8 Å². The zero-order valence-electron chi connectivity index (χ0n) is 13.3. The van der Waals surface area contributed by atoms with Crippen LogP contribution < -0.4 is 4.74 Å². The van der Waals surface area contributed by atoms with Gasteiger partial charge in [0.15, 0.2) is 0 Å². The summed E-state index contributed by atoms with van der Waals surface area (Å²) in [5.74, 6) is 1.25. The second-order valence-corrected chi connectivity index (χ2v) is 5.51. The molecule has 0 saturated heterocycles. The minimum atomic E-state index is -0.0483. The van der Waals surface area contributed by atoms with Crippen LogP contribution >= 0.6 is 0 Å². The molecule has 116 valence electrons. The highest BCUT2D eigenvalue weighted by atomic mass is 16.5. The lowest BCUT2D eigenvalue weighted by atomic mass is 10.1. The summed E-state index contributed by atoms with van der Waals surface area (Å²) in [6.07, 6.45) is 5.02. The number of rotatable bonds is 7. The molecule has 0 aliphatic heterocycles. The van der Waals surface area contributed by atoms with Gasteiger partial charge in [0.25, 0.3) is 0 Å². The fraction of sp³-hybridized carbons (Fsp3) is 0.333. The summed E-state index contributed by atoms with van der Waals surface area (Å²) in [7, 11) is 0. The fourth-order valence-electron chi connectivity index (χ4n) is 2.02. The molecule has 0 bridgehead atoms. The predicted molar refractivity (Wildman–Crippen MR) is 88.0 cm³/mol. The number of ether oxygens (including phenoxy) is 1. The molecule has 2 aromatic rings. The molecule has 4 nitrogen and oxygen atoms in total. The van der Waals surface area contributed by atoms with Crippen molar-refractivity contribution in [2.24, 2.45) is 5.92 Å². The highest BCUT2D eigenvalue weighted by molar-refractivity contribution is 6.05. The summed E-state index contributed by atoms with van der Waals surface area (Å²) in [4.78, 5) is 12.2. The maximum Gasteiger partial charge on any atom is 0.203 e. The van der Waals surface area contributed by atoms with Gasteiger partial charge < -0.3 is 4.74 Å². The summed E-state index contributed by atoms with van der Waals surface area (Å²) in [6, 6.07) is 9.47. The lowest BCUT2D eigenvalue weighted by Crippen LogP contribution is -2.07. The monoisotopic (exact) mass is 298 g/mol. The summed E-state index contributed by atoms with van der Waals surface area (Å²) in [5, 5.41) is 4.11. The van der Waals surface area contributed by atoms with Gasteiger partial charge in [-0.05, 0) is 42.7 Å². The number of nitrogens with zero attached hydrogens (tertiary/aromatic N) is 2. The Morgan fingerprint density at radius 2 is 2.18 bits per heavy atom. The third-order valence-corrected chi connectivity index (χ3v) is 3.14. The van der Waals surface area contributed by atoms with Crippen molar-refractivity contribution in [3.63, 3.8) is 0 Å². The van der Waals surface area contributed by atoms with E-state index >= 15 is 0 Å². The summed E-state index contributed by atoms with van der Waals surface area (Å²) in [6.45, 7) is 7.55. The molecule has 0 spiro atoms. The number of carbonyl (C=O) groups excluding carboxylic acids is 1. The molecule has 0 N–H and O–H groups in total. The number of aromatic nitrogens is 2. The molecule has 0 atom stereocenters. The van der Waals surface area contributed by atoms with E-state index in [2.05, 4.69) is 18.9 Å². The van der Waals surface area contributed by atoms with Crippen LogP contribution in [0, 0.1) is 5.92 Å². The van der Waals surface area contributed by atoms with Gasteiger partial charge >= 0.3 is 0 Å². The van der Waals surface area contributed by atoms with E-state index in [1.165, 1.54) is 0 Å². The molecule has 0 radical (unpaired) electrons. The van der Waals surface area contributed by atoms with Gasteiger partial charge in [-0.3, -0.25) is 9.48 Å². The lowest BCUT2D eigenvalue weighted by Gasteiger charge is -2.08. The number of benzene rings is 1. The SMILES string of the molecule is CCn1nccc1C(=O)/C=C/c1cccc(OCC(C)C)c1. The molecule has 1 aromatic carbocycles. The van der Waals surface area contributed by atoms with E-state index in [9.17, 15) is 4.79 Å². The number of aryl methyl sites for hydroxylation is 1. The van der Waals surface area contributed by atoms with Gasteiger partial charge in [-0.15, -0.1) is 0 Å². The van der Waals surface area contributed by atoms with E-state index in [-0.39, 0.29) is 5.78 Å². The normalized spacial score (nSPS) is 11.3. The average molecular weight is 298 g/mol. The van der Waals surface area contributed by atoms with Gasteiger partial charge in [-0.25, -0.2) is 0 Å². The Balaban J connectivity index is 2.06. The zero-order chi connectivity index (χ0) is 15.9. The third-order valence-electron chi connectivity index (χ3n) is 3.14. The molecule has 4 heteroatoms. The Labute approximate surface area is 131 Å². The third kappa shape index (κ3) is 4.32. The van der Waals surface area contributed by atoms with Crippen molar-refractivity contribution in [1.29, 1.82) is 0 Å². The molecule has 1 heterocycles. The van der Waals surface area contributed by atoms with Crippen LogP contribution in [-0.2, 0) is 6.54 Å². The standard InChI is InChI=1S/C18H22N2O2/c1-4-20-17(10-11-19-20)18(21)9-8-15-6-5-7-16(12-15)22-13-14(2)3/h5-12,14H,4,13H2,1-3H3/b9-8+. The molecule has 1 aromatic heterocycles. The average Bonchev–Trinajstić information content (AvgIpc) is 2.99. The van der Waals surface area contributed by atoms with E-state index in [4.69, 9.17) is 4.74 Å². The first-order valence-electron chi connectivity index (χ1n) is 7.57. The predicted octanol–water partition coefficient (Wildman–Crippen LogP) is 3.83. The number of ketones is 1. The maximum atomic E-state index is 12.2. The van der Waals surface area contributed by atoms with Crippen LogP contribution in [0.15, 0.2) is 42.6 Å². The van der Waals surface area contributed by atoms with E-state index < -0.39 is 0 Å². The van der Waals surface area contributed by atoms with Gasteiger partial charge in [0.05, 0.1) is 6.61 Å². The van der Waals surface area contributed by atoms with Crippen LogP contribution in [0.4, 0.5) is 0 Å². The minimum absolute atomic E-state index is 0.0483. The topological polar surface area (TPSA) is 44.1 Å². The van der Waals surface area contributed by atoms with Crippen molar-refractivity contribution < 1.29 is 9.53 Å². The molecule has 22 heavy (non-hydrogen) atoms. The van der Waals surface area contributed by atoms with Crippen LogP contribution in [0.2, 0.25) is 0 Å². The van der Waals surface area contributed by atoms with Crippen LogP contribution in [0.25, 0.3) is 6.08 Å². The van der Waals surface area contributed by atoms with Crippen LogP contribution in [0.5, 0.6) is 5.75 Å². The zero-order valence-corrected chi connectivity index (χ0v) is 13.3. The number of carbonyl (C=O) groups is 1. The molecule has 0 aliphatic rings. The summed E-state index contributed by atoms with van der Waals surface area (Å²) < 4.78 is 7.38. The molecule has 0 saturated carbocycles. The fourth-order valence-corrected chi connectivity index (χ4v) is 2.02. The van der Waals surface area contributed by atoms with Crippen molar-refractivity contribution in [1.82, 2.24) is 9.78 Å². The maximum absolute atomic E-state index is 12.2. The van der Waals surface area contributed by atoms with Gasteiger partial charge in [0, 0.05) is 12.7 Å². The smallest absolute Gasteiger partial charge is 0.203 e. The Hall–Kier alpha value is -2.36. The van der Waals surface area contributed by atoms with Gasteiger partial charge in [-0.1, -0.05) is 32.1 Å². The van der Waals surface area contributed by atoms with Crippen LogP contribution in [-0.4, -0.2) is 22.2 Å². The molecule has 0 unspecified atom stereocenters. The van der Waals surface area contributed by atoms with Gasteiger partial charge in [-0.2, -0.15) is 5.10 Å². The van der Waals surface area contributed by atoms with Crippen LogP contribution in [0.3, 0.4) is 0 Å². The van der Waals surface area contributed by atoms with E-state index in [1.807, 2.05) is 31.2 Å². The molecule has 0 fully saturated rings. The first kappa shape index (κ1) is 16.0. The van der Waals surface area contributed by atoms with Crippen molar-refractivity contribution in [2.45, 2.75) is 27.3 Å². The number of allylic oxidation sites excluding steroid dienone is 1. The molecule has 2 rings (SSSR count). The van der Waals surface area contributed by atoms with Gasteiger partial charge in [0.2, 0.25) is 5.78 Å². The Morgan fingerprint density at radius 3 is 2.91 bits per heavy atom. The molecule has 0 aliphatic carbocycles. The molecular formula is C18H22N2O2. The lowest BCUT2D eigenvalue weighted by molar-refractivity contribution is 0.103. The molecule has 0 amide bonds. The van der Waals surface area contributed by atoms with Crippen molar-refractivity contribution >= 4 is 11.9 Å². The Morgan fingerprint density at radius 1 is 1.36 bits per heavy atom. The van der Waals surface area contributed by atoms with Crippen LogP contribution in [0.1, 0.15) is 36.8 Å². The Bertz CT molecular complexity index is 657. The largest absolute Gasteiger partial charge is 0.493 e. The molecular weight excluding hydrogens is 276 g/mol. The van der Waals surface area contributed by atoms with Crippen molar-refractivity contribution in [3.05, 3.63) is 53.9 Å². The minimum Gasteiger partial charge on any atom is -0.493 e. The second kappa shape index (κ2) is 7.59. The van der Waals surface area contributed by atoms with E-state index in [1.54, 1.807) is 29.1 Å². The number of hydrogen-bond donors (Lipinski definition) is 0. The van der Waals surface area contributed by atoms with Gasteiger partial charge in [0.1, 0.15) is 11.4 Å². The van der Waals surface area contributed by atoms with Crippen molar-refractivity contribution in [2.75, 3.05) is 6.61 Å². The Kier molecular flexibility index (Phi) is 5.53. The highest BCUT2D eigenvalue weighted by Crippen LogP contribution is 2.16. The second-order valence-electron chi connectivity index (χ2n) is 5.51. The summed E-state index contributed by atoms with van der Waals surface area (Å²) in [5.41, 5.74) is 1.54. The summed E-state index contributed by atoms with van der Waals surface area (Å²) >= 11 is 0. The van der Waals surface area contributed by atoms with Crippen molar-refractivity contribution in [3.8, 4) is 5.75 Å². The first-order chi connectivity index (χ1) is 10.6. The first-order valence-corrected chi connectivity index (χ1v) is 7.57. The van der Waals surface area contributed by atoms with E-state index in [0.717, 1.165) is 11.3 Å². The quantitative estimate of drug-likeness (QED) is 0.576. The highest BCUT2D eigenvalue weighted by Gasteiger charge is 2.07. The number of hydrogen-bond acceptors (Lipinski definition) is 3.